The third kappa shape index (κ3) is 3.88. The Morgan fingerprint density at radius 3 is 2.58 bits per heavy atom. The predicted molar refractivity (Wildman–Crippen MR) is 94.9 cm³/mol. The van der Waals surface area contributed by atoms with E-state index in [4.69, 9.17) is 0 Å². The van der Waals surface area contributed by atoms with Crippen molar-refractivity contribution in [2.75, 3.05) is 0 Å². The lowest BCUT2D eigenvalue weighted by molar-refractivity contribution is 0.0950. The number of H-pyrrole nitrogens is 1. The normalized spacial score (nSPS) is 10.9. The van der Waals surface area contributed by atoms with Crippen LogP contribution in [0.2, 0.25) is 0 Å². The van der Waals surface area contributed by atoms with E-state index in [-0.39, 0.29) is 11.7 Å². The summed E-state index contributed by atoms with van der Waals surface area (Å²) in [7, 11) is 0. The molecule has 3 rings (SSSR count). The molecule has 6 nitrogen and oxygen atoms in total. The van der Waals surface area contributed by atoms with Crippen molar-refractivity contribution in [2.45, 2.75) is 0 Å². The Bertz CT molecular complexity index is 870. The highest BCUT2D eigenvalue weighted by atomic mass is 79.9. The van der Waals surface area contributed by atoms with Crippen LogP contribution in [0.5, 0.6) is 5.75 Å². The molecule has 3 aromatic rings. The van der Waals surface area contributed by atoms with Crippen molar-refractivity contribution in [3.63, 3.8) is 0 Å². The maximum absolute atomic E-state index is 12.0. The van der Waals surface area contributed by atoms with Gasteiger partial charge in [-0.25, -0.2) is 5.43 Å². The standard InChI is InChI=1S/C17H13BrN4O2/c18-13-5-3-12(4-6-13)15-9-16(21-20-15)17(24)22-19-10-11-1-7-14(23)8-2-11/h1-10,23H,(H,20,21)(H,22,24)/b19-10-. The molecule has 24 heavy (non-hydrogen) atoms. The fourth-order valence-electron chi connectivity index (χ4n) is 1.99. The topological polar surface area (TPSA) is 90.4 Å². The molecule has 0 fully saturated rings. The number of hydrogen-bond donors (Lipinski definition) is 3. The van der Waals surface area contributed by atoms with Gasteiger partial charge < -0.3 is 5.11 Å². The van der Waals surface area contributed by atoms with Gasteiger partial charge in [-0.3, -0.25) is 9.89 Å². The van der Waals surface area contributed by atoms with E-state index >= 15 is 0 Å². The smallest absolute Gasteiger partial charge is 0.289 e. The Balaban J connectivity index is 1.65. The molecule has 0 aliphatic carbocycles. The van der Waals surface area contributed by atoms with Gasteiger partial charge in [0.15, 0.2) is 0 Å². The van der Waals surface area contributed by atoms with E-state index in [0.717, 1.165) is 15.6 Å². The number of hydrogen-bond acceptors (Lipinski definition) is 4. The summed E-state index contributed by atoms with van der Waals surface area (Å²) < 4.78 is 0.975. The SMILES string of the molecule is O=C(N/N=C\c1ccc(O)cc1)c1cc(-c2ccc(Br)cc2)n[nH]1. The number of halogens is 1. The zero-order chi connectivity index (χ0) is 16.9. The first-order chi connectivity index (χ1) is 11.6. The third-order valence-electron chi connectivity index (χ3n) is 3.24. The van der Waals surface area contributed by atoms with Crippen molar-refractivity contribution in [1.29, 1.82) is 0 Å². The van der Waals surface area contributed by atoms with Gasteiger partial charge in [0, 0.05) is 10.0 Å². The fourth-order valence-corrected chi connectivity index (χ4v) is 2.26. The number of phenols is 1. The third-order valence-corrected chi connectivity index (χ3v) is 3.76. The number of hydrazone groups is 1. The molecule has 3 N–H and O–H groups in total. The summed E-state index contributed by atoms with van der Waals surface area (Å²) >= 11 is 3.38. The largest absolute Gasteiger partial charge is 0.508 e. The monoisotopic (exact) mass is 384 g/mol. The van der Waals surface area contributed by atoms with Crippen LogP contribution in [0.1, 0.15) is 16.1 Å². The van der Waals surface area contributed by atoms with Gasteiger partial charge in [0.05, 0.1) is 11.9 Å². The van der Waals surface area contributed by atoms with Crippen LogP contribution in [0.15, 0.2) is 64.2 Å². The van der Waals surface area contributed by atoms with Gasteiger partial charge in [-0.15, -0.1) is 0 Å². The van der Waals surface area contributed by atoms with E-state index in [0.29, 0.717) is 11.4 Å². The quantitative estimate of drug-likeness (QED) is 0.476. The number of nitrogens with zero attached hydrogens (tertiary/aromatic N) is 2. The molecule has 1 amide bonds. The first-order valence-electron chi connectivity index (χ1n) is 7.05. The molecule has 1 aromatic heterocycles. The summed E-state index contributed by atoms with van der Waals surface area (Å²) in [6.07, 6.45) is 1.49. The van der Waals surface area contributed by atoms with E-state index in [1.54, 1.807) is 30.3 Å². The zero-order valence-electron chi connectivity index (χ0n) is 12.4. The molecule has 120 valence electrons. The highest BCUT2D eigenvalue weighted by Crippen LogP contribution is 2.20. The number of phenolic OH excluding ortho intramolecular Hbond substituents is 1. The maximum Gasteiger partial charge on any atom is 0.289 e. The Morgan fingerprint density at radius 1 is 1.17 bits per heavy atom. The highest BCUT2D eigenvalue weighted by molar-refractivity contribution is 9.10. The molecule has 7 heteroatoms. The van der Waals surface area contributed by atoms with E-state index in [9.17, 15) is 9.90 Å². The molecule has 0 radical (unpaired) electrons. The number of rotatable bonds is 4. The first kappa shape index (κ1) is 15.9. The lowest BCUT2D eigenvalue weighted by atomic mass is 10.1. The van der Waals surface area contributed by atoms with Crippen LogP contribution in [0.25, 0.3) is 11.3 Å². The van der Waals surface area contributed by atoms with Crippen molar-refractivity contribution in [3.05, 3.63) is 70.3 Å². The molecule has 0 bridgehead atoms. The van der Waals surface area contributed by atoms with Gasteiger partial charge in [0.1, 0.15) is 11.4 Å². The number of aromatic nitrogens is 2. The van der Waals surface area contributed by atoms with Crippen molar-refractivity contribution in [1.82, 2.24) is 15.6 Å². The summed E-state index contributed by atoms with van der Waals surface area (Å²) in [5.41, 5.74) is 5.08. The lowest BCUT2D eigenvalue weighted by Gasteiger charge is -1.97. The highest BCUT2D eigenvalue weighted by Gasteiger charge is 2.10. The van der Waals surface area contributed by atoms with Crippen molar-refractivity contribution in [3.8, 4) is 17.0 Å². The van der Waals surface area contributed by atoms with Crippen LogP contribution in [0.3, 0.4) is 0 Å². The molecule has 0 aliphatic rings. The molecule has 0 aliphatic heterocycles. The fraction of sp³-hybridized carbons (Fsp3) is 0. The maximum atomic E-state index is 12.0. The summed E-state index contributed by atoms with van der Waals surface area (Å²) in [6.45, 7) is 0. The van der Waals surface area contributed by atoms with Crippen LogP contribution in [0, 0.1) is 0 Å². The number of aromatic amines is 1. The molecule has 1 heterocycles. The van der Waals surface area contributed by atoms with Gasteiger partial charge in [0.25, 0.3) is 5.91 Å². The lowest BCUT2D eigenvalue weighted by Crippen LogP contribution is -2.17. The number of nitrogens with one attached hydrogen (secondary N) is 2. The van der Waals surface area contributed by atoms with E-state index in [1.807, 2.05) is 24.3 Å². The van der Waals surface area contributed by atoms with Gasteiger partial charge >= 0.3 is 0 Å². The summed E-state index contributed by atoms with van der Waals surface area (Å²) in [5, 5.41) is 19.9. The number of carbonyl (C=O) groups is 1. The van der Waals surface area contributed by atoms with E-state index in [1.165, 1.54) is 6.21 Å². The molecule has 2 aromatic carbocycles. The van der Waals surface area contributed by atoms with Crippen molar-refractivity contribution < 1.29 is 9.90 Å². The van der Waals surface area contributed by atoms with Gasteiger partial charge in [-0.1, -0.05) is 28.1 Å². The minimum absolute atomic E-state index is 0.175. The van der Waals surface area contributed by atoms with Gasteiger partial charge in [-0.2, -0.15) is 10.2 Å². The average molecular weight is 385 g/mol. The zero-order valence-corrected chi connectivity index (χ0v) is 14.0. The summed E-state index contributed by atoms with van der Waals surface area (Å²) in [5.74, 6) is -0.213. The molecular weight excluding hydrogens is 372 g/mol. The minimum atomic E-state index is -0.388. The Hall–Kier alpha value is -2.93. The van der Waals surface area contributed by atoms with Crippen LogP contribution >= 0.6 is 15.9 Å². The molecule has 0 saturated heterocycles. The number of amides is 1. The van der Waals surface area contributed by atoms with Crippen LogP contribution in [0.4, 0.5) is 0 Å². The van der Waals surface area contributed by atoms with Crippen LogP contribution in [-0.2, 0) is 0 Å². The predicted octanol–water partition coefficient (Wildman–Crippen LogP) is 3.31. The molecular formula is C17H13BrN4O2. The van der Waals surface area contributed by atoms with Crippen LogP contribution < -0.4 is 5.43 Å². The Kier molecular flexibility index (Phi) is 4.72. The second kappa shape index (κ2) is 7.10. The Morgan fingerprint density at radius 2 is 1.88 bits per heavy atom. The second-order valence-electron chi connectivity index (χ2n) is 4.96. The second-order valence-corrected chi connectivity index (χ2v) is 5.88. The van der Waals surface area contributed by atoms with E-state index in [2.05, 4.69) is 36.7 Å². The molecule has 0 unspecified atom stereocenters. The summed E-state index contributed by atoms with van der Waals surface area (Å²) in [4.78, 5) is 12.0. The number of carbonyl (C=O) groups excluding carboxylic acids is 1. The first-order valence-corrected chi connectivity index (χ1v) is 7.85. The number of aromatic hydroxyl groups is 1. The number of benzene rings is 2. The van der Waals surface area contributed by atoms with Crippen LogP contribution in [-0.4, -0.2) is 27.4 Å². The van der Waals surface area contributed by atoms with Gasteiger partial charge in [-0.05, 0) is 48.0 Å². The van der Waals surface area contributed by atoms with E-state index < -0.39 is 0 Å². The Labute approximate surface area is 146 Å². The molecule has 0 spiro atoms. The molecule has 0 atom stereocenters. The van der Waals surface area contributed by atoms with Gasteiger partial charge in [0.2, 0.25) is 0 Å². The minimum Gasteiger partial charge on any atom is -0.508 e. The van der Waals surface area contributed by atoms with Crippen molar-refractivity contribution in [2.24, 2.45) is 5.10 Å². The average Bonchev–Trinajstić information content (AvgIpc) is 3.07. The summed E-state index contributed by atoms with van der Waals surface area (Å²) in [6, 6.07) is 15.8. The molecule has 0 saturated carbocycles. The van der Waals surface area contributed by atoms with Crippen molar-refractivity contribution >= 4 is 28.1 Å².